The van der Waals surface area contributed by atoms with E-state index in [1.807, 2.05) is 0 Å². The van der Waals surface area contributed by atoms with Crippen molar-refractivity contribution in [3.05, 3.63) is 41.3 Å². The Morgan fingerprint density at radius 3 is 2.45 bits per heavy atom. The van der Waals surface area contributed by atoms with E-state index in [0.29, 0.717) is 10.9 Å². The minimum Gasteiger partial charge on any atom is -0.481 e. The van der Waals surface area contributed by atoms with E-state index in [0.717, 1.165) is 0 Å². The van der Waals surface area contributed by atoms with Crippen LogP contribution in [-0.2, 0) is 14.3 Å². The van der Waals surface area contributed by atoms with Gasteiger partial charge in [0.05, 0.1) is 23.7 Å². The van der Waals surface area contributed by atoms with Crippen LogP contribution < -0.4 is 10.5 Å². The number of piperazine rings is 1. The smallest absolute Gasteiger partial charge is 0.409 e. The molecule has 1 saturated heterocycles. The van der Waals surface area contributed by atoms with Gasteiger partial charge in [-0.3, -0.25) is 19.4 Å². The van der Waals surface area contributed by atoms with Crippen molar-refractivity contribution in [3.8, 4) is 5.75 Å². The summed E-state index contributed by atoms with van der Waals surface area (Å²) in [5.41, 5.74) is 6.15. The summed E-state index contributed by atoms with van der Waals surface area (Å²) in [6, 6.07) is 6.85. The number of carbonyl (C=O) groups is 4. The van der Waals surface area contributed by atoms with Gasteiger partial charge < -0.3 is 30.1 Å². The lowest BCUT2D eigenvalue weighted by Crippen LogP contribution is -2.52. The Bertz CT molecular complexity index is 1390. The van der Waals surface area contributed by atoms with E-state index in [2.05, 4.69) is 25.6 Å². The Labute approximate surface area is 228 Å². The first-order valence-corrected chi connectivity index (χ1v) is 12.8. The molecule has 1 aliphatic rings. The lowest BCUT2D eigenvalue weighted by atomic mass is 9.91. The number of rotatable bonds is 10. The first-order valence-electron chi connectivity index (χ1n) is 12.8. The third-order valence-corrected chi connectivity index (χ3v) is 6.55. The Morgan fingerprint density at radius 2 is 1.82 bits per heavy atom. The molecule has 1 aliphatic heterocycles. The fraction of sp³-hybridized carbons (Fsp3) is 0.440. The number of benzene rings is 1. The molecule has 4 N–H and O–H groups in total. The van der Waals surface area contributed by atoms with Crippen molar-refractivity contribution >= 4 is 34.8 Å². The van der Waals surface area contributed by atoms with Crippen LogP contribution in [0.25, 0.3) is 10.9 Å². The first-order chi connectivity index (χ1) is 19.2. The molecule has 3 aromatic rings. The number of primary amides is 1. The van der Waals surface area contributed by atoms with Gasteiger partial charge in [-0.25, -0.2) is 9.89 Å². The van der Waals surface area contributed by atoms with E-state index in [1.165, 1.54) is 9.80 Å². The van der Waals surface area contributed by atoms with Crippen LogP contribution in [0.5, 0.6) is 5.75 Å². The molecule has 2 atom stereocenters. The number of H-pyrrole nitrogens is 1. The third-order valence-electron chi connectivity index (χ3n) is 6.55. The highest BCUT2D eigenvalue weighted by Gasteiger charge is 2.36. The summed E-state index contributed by atoms with van der Waals surface area (Å²) in [6.07, 6.45) is -1.71. The van der Waals surface area contributed by atoms with Gasteiger partial charge in [0.2, 0.25) is 5.91 Å². The number of fused-ring (bicyclic) bond motifs is 1. The molecule has 0 aliphatic carbocycles. The molecule has 2 aromatic heterocycles. The second-order valence-electron chi connectivity index (χ2n) is 9.13. The second kappa shape index (κ2) is 12.4. The molecule has 4 rings (SSSR count). The van der Waals surface area contributed by atoms with Gasteiger partial charge >= 0.3 is 12.1 Å². The fourth-order valence-corrected chi connectivity index (χ4v) is 4.57. The zero-order valence-electron chi connectivity index (χ0n) is 22.1. The molecular formula is C25H30N8O7. The van der Waals surface area contributed by atoms with Crippen LogP contribution >= 0.6 is 0 Å². The van der Waals surface area contributed by atoms with Crippen LogP contribution in [-0.4, -0.2) is 97.2 Å². The second-order valence-corrected chi connectivity index (χ2v) is 9.13. The summed E-state index contributed by atoms with van der Waals surface area (Å²) in [5.74, 6) is -3.20. The number of carboxylic acids is 1. The Kier molecular flexibility index (Phi) is 8.71. The van der Waals surface area contributed by atoms with E-state index in [1.54, 1.807) is 38.1 Å². The summed E-state index contributed by atoms with van der Waals surface area (Å²) < 4.78 is 11.2. The van der Waals surface area contributed by atoms with Crippen molar-refractivity contribution < 1.29 is 33.8 Å². The number of tetrazole rings is 1. The zero-order valence-corrected chi connectivity index (χ0v) is 22.1. The lowest BCUT2D eigenvalue weighted by Gasteiger charge is -2.36. The van der Waals surface area contributed by atoms with E-state index >= 15 is 0 Å². The maximum atomic E-state index is 13.9. The van der Waals surface area contributed by atoms with Crippen molar-refractivity contribution in [1.82, 2.24) is 35.4 Å². The van der Waals surface area contributed by atoms with E-state index in [9.17, 15) is 24.3 Å². The number of nitrogens with one attached hydrogen (secondary N) is 1. The van der Waals surface area contributed by atoms with Gasteiger partial charge in [-0.1, -0.05) is 12.1 Å². The standard InChI is InChI=1S/C25H30N8O7/c1-3-39-25(38)33-12-10-32(11-13-33)24(37)16(8-9-18(34)35)20-19(22(26)36)21(15-6-4-5-7-17(15)27-20)40-14(2)23-28-30-31-29-23/h4-7,14,16H,3,8-13H2,1-2H3,(H2,26,36)(H,34,35)(H,28,29,30,31). The molecular weight excluding hydrogens is 524 g/mol. The van der Waals surface area contributed by atoms with Gasteiger partial charge in [0.25, 0.3) is 5.91 Å². The molecule has 15 nitrogen and oxygen atoms in total. The topological polar surface area (TPSA) is 207 Å². The number of para-hydroxylation sites is 1. The molecule has 1 aromatic carbocycles. The van der Waals surface area contributed by atoms with Gasteiger partial charge in [0.15, 0.2) is 11.9 Å². The molecule has 15 heteroatoms. The van der Waals surface area contributed by atoms with Crippen LogP contribution in [0.2, 0.25) is 0 Å². The molecule has 0 spiro atoms. The highest BCUT2D eigenvalue weighted by molar-refractivity contribution is 6.04. The van der Waals surface area contributed by atoms with Crippen molar-refractivity contribution in [2.24, 2.45) is 5.73 Å². The number of nitrogens with two attached hydrogens (primary N) is 1. The van der Waals surface area contributed by atoms with Crippen LogP contribution in [0.3, 0.4) is 0 Å². The molecule has 1 fully saturated rings. The molecule has 40 heavy (non-hydrogen) atoms. The number of hydrogen-bond donors (Lipinski definition) is 3. The van der Waals surface area contributed by atoms with Crippen molar-refractivity contribution in [2.45, 2.75) is 38.7 Å². The molecule has 0 radical (unpaired) electrons. The summed E-state index contributed by atoms with van der Waals surface area (Å²) >= 11 is 0. The highest BCUT2D eigenvalue weighted by atomic mass is 16.6. The predicted octanol–water partition coefficient (Wildman–Crippen LogP) is 1.24. The predicted molar refractivity (Wildman–Crippen MR) is 138 cm³/mol. The minimum absolute atomic E-state index is 0.0168. The average molecular weight is 555 g/mol. The number of hydrogen-bond acceptors (Lipinski definition) is 10. The summed E-state index contributed by atoms with van der Waals surface area (Å²) in [7, 11) is 0. The van der Waals surface area contributed by atoms with Gasteiger partial charge in [-0.15, -0.1) is 5.10 Å². The molecule has 2 unspecified atom stereocenters. The monoisotopic (exact) mass is 554 g/mol. The van der Waals surface area contributed by atoms with Crippen molar-refractivity contribution in [3.63, 3.8) is 0 Å². The van der Waals surface area contributed by atoms with Gasteiger partial charge in [-0.05, 0) is 42.8 Å². The normalized spacial score (nSPS) is 14.9. The van der Waals surface area contributed by atoms with Gasteiger partial charge in [0.1, 0.15) is 11.3 Å². The number of nitrogens with zero attached hydrogens (tertiary/aromatic N) is 6. The van der Waals surface area contributed by atoms with Crippen LogP contribution in [0.4, 0.5) is 4.79 Å². The SMILES string of the molecule is CCOC(=O)N1CCN(C(=O)C(CCC(=O)O)c2nc3ccccc3c(OC(C)c3nnn[nH]3)c2C(N)=O)CC1. The largest absolute Gasteiger partial charge is 0.481 e. The van der Waals surface area contributed by atoms with E-state index in [4.69, 9.17) is 15.2 Å². The van der Waals surface area contributed by atoms with Crippen LogP contribution in [0.15, 0.2) is 24.3 Å². The minimum atomic E-state index is -1.12. The number of pyridine rings is 1. The summed E-state index contributed by atoms with van der Waals surface area (Å²) in [4.78, 5) is 58.1. The molecule has 3 heterocycles. The number of carbonyl (C=O) groups excluding carboxylic acids is 3. The van der Waals surface area contributed by atoms with E-state index < -0.39 is 35.9 Å². The number of aromatic amines is 1. The van der Waals surface area contributed by atoms with Crippen molar-refractivity contribution in [1.29, 1.82) is 0 Å². The fourth-order valence-electron chi connectivity index (χ4n) is 4.57. The molecule has 0 saturated carbocycles. The third kappa shape index (κ3) is 6.08. The molecule has 3 amide bonds. The Hall–Kier alpha value is -4.82. The molecule has 212 valence electrons. The summed E-state index contributed by atoms with van der Waals surface area (Å²) in [5, 5.41) is 23.5. The lowest BCUT2D eigenvalue weighted by molar-refractivity contribution is -0.138. The number of aliphatic carboxylic acids is 1. The van der Waals surface area contributed by atoms with Crippen molar-refractivity contribution in [2.75, 3.05) is 32.8 Å². The maximum Gasteiger partial charge on any atom is 0.409 e. The highest BCUT2D eigenvalue weighted by Crippen LogP contribution is 2.38. The summed E-state index contributed by atoms with van der Waals surface area (Å²) in [6.45, 7) is 4.47. The Morgan fingerprint density at radius 1 is 1.12 bits per heavy atom. The van der Waals surface area contributed by atoms with Gasteiger partial charge in [0, 0.05) is 38.0 Å². The quantitative estimate of drug-likeness (QED) is 0.325. The number of ether oxygens (including phenoxy) is 2. The van der Waals surface area contributed by atoms with Crippen LogP contribution in [0.1, 0.15) is 60.6 Å². The number of amides is 3. The number of carboxylic acid groups (broad SMARTS) is 1. The van der Waals surface area contributed by atoms with E-state index in [-0.39, 0.29) is 68.5 Å². The average Bonchev–Trinajstić information content (AvgIpc) is 3.48. The van der Waals surface area contributed by atoms with Gasteiger partial charge in [-0.2, -0.15) is 0 Å². The maximum absolute atomic E-state index is 13.9. The number of aromatic nitrogens is 5. The van der Waals surface area contributed by atoms with Crippen LogP contribution in [0, 0.1) is 0 Å². The molecule has 0 bridgehead atoms. The first kappa shape index (κ1) is 28.2. The Balaban J connectivity index is 1.76. The zero-order chi connectivity index (χ0) is 28.8.